The largest absolute Gasteiger partial charge is 0.353 e. The molecule has 1 aromatic heterocycles. The van der Waals surface area contributed by atoms with Gasteiger partial charge in [0.1, 0.15) is 11.4 Å². The number of piperazine rings is 1. The van der Waals surface area contributed by atoms with E-state index in [-0.39, 0.29) is 11.4 Å². The van der Waals surface area contributed by atoms with Crippen LogP contribution in [0.4, 0.5) is 0 Å². The molecule has 22 heavy (non-hydrogen) atoms. The van der Waals surface area contributed by atoms with Crippen LogP contribution in [0.25, 0.3) is 0 Å². The van der Waals surface area contributed by atoms with Crippen LogP contribution in [-0.4, -0.2) is 39.4 Å². The van der Waals surface area contributed by atoms with Crippen LogP contribution >= 0.6 is 11.6 Å². The number of nitrogens with zero attached hydrogens (tertiary/aromatic N) is 2. The van der Waals surface area contributed by atoms with Crippen LogP contribution in [0.5, 0.6) is 0 Å². The fourth-order valence-corrected chi connectivity index (χ4v) is 3.97. The van der Waals surface area contributed by atoms with E-state index >= 15 is 0 Å². The van der Waals surface area contributed by atoms with E-state index in [9.17, 15) is 4.79 Å². The number of imidazole rings is 1. The van der Waals surface area contributed by atoms with Crippen molar-refractivity contribution in [3.05, 3.63) is 16.7 Å². The van der Waals surface area contributed by atoms with Crippen LogP contribution in [0.15, 0.2) is 0 Å². The molecule has 1 saturated heterocycles. The smallest absolute Gasteiger partial charge is 0.240 e. The zero-order valence-corrected chi connectivity index (χ0v) is 14.0. The zero-order chi connectivity index (χ0) is 15.6. The van der Waals surface area contributed by atoms with Gasteiger partial charge >= 0.3 is 0 Å². The highest BCUT2D eigenvalue weighted by Gasteiger charge is 2.48. The van der Waals surface area contributed by atoms with Gasteiger partial charge in [-0.3, -0.25) is 9.69 Å². The summed E-state index contributed by atoms with van der Waals surface area (Å²) < 4.78 is 0. The third-order valence-corrected chi connectivity index (χ3v) is 5.33. The summed E-state index contributed by atoms with van der Waals surface area (Å²) >= 11 is 6.31. The first-order chi connectivity index (χ1) is 10.7. The van der Waals surface area contributed by atoms with Crippen molar-refractivity contribution in [1.29, 1.82) is 0 Å². The van der Waals surface area contributed by atoms with Crippen LogP contribution in [0.2, 0.25) is 5.15 Å². The van der Waals surface area contributed by atoms with Crippen molar-refractivity contribution in [2.45, 2.75) is 64.0 Å². The molecule has 1 spiro atoms. The number of hydrogen-bond donors (Lipinski definition) is 2. The second-order valence-electron chi connectivity index (χ2n) is 6.47. The maximum atomic E-state index is 12.4. The predicted octanol–water partition coefficient (Wildman–Crippen LogP) is 2.65. The monoisotopic (exact) mass is 324 g/mol. The fourth-order valence-electron chi connectivity index (χ4n) is 3.76. The number of carbonyl (C=O) groups excluding carboxylic acids is 1. The number of aromatic nitrogens is 2. The Labute approximate surface area is 136 Å². The number of H-pyrrole nitrogens is 1. The predicted molar refractivity (Wildman–Crippen MR) is 86.8 cm³/mol. The average Bonchev–Trinajstić information content (AvgIpc) is 3.11. The molecule has 5 nitrogen and oxygen atoms in total. The lowest BCUT2D eigenvalue weighted by Gasteiger charge is -2.43. The molecule has 0 unspecified atom stereocenters. The van der Waals surface area contributed by atoms with Crippen molar-refractivity contribution >= 4 is 17.5 Å². The molecule has 1 aliphatic carbocycles. The maximum absolute atomic E-state index is 12.4. The molecule has 1 aliphatic heterocycles. The lowest BCUT2D eigenvalue weighted by atomic mass is 9.91. The summed E-state index contributed by atoms with van der Waals surface area (Å²) in [6, 6.07) is 0. The van der Waals surface area contributed by atoms with Gasteiger partial charge in [-0.15, -0.1) is 0 Å². The Morgan fingerprint density at radius 3 is 2.86 bits per heavy atom. The zero-order valence-electron chi connectivity index (χ0n) is 13.3. The van der Waals surface area contributed by atoms with E-state index in [1.165, 1.54) is 0 Å². The van der Waals surface area contributed by atoms with E-state index in [4.69, 9.17) is 11.6 Å². The first kappa shape index (κ1) is 15.8. The molecule has 6 heteroatoms. The highest BCUT2D eigenvalue weighted by Crippen LogP contribution is 2.38. The van der Waals surface area contributed by atoms with Gasteiger partial charge < -0.3 is 10.3 Å². The lowest BCUT2D eigenvalue weighted by molar-refractivity contribution is -0.137. The van der Waals surface area contributed by atoms with Gasteiger partial charge in [0.25, 0.3) is 0 Å². The standard InChI is InChI=1S/C16H25ClN4O/c1-2-3-6-13-19-12(14(17)20-13)11-21-10-9-18-15(22)16(21)7-4-5-8-16/h2-11H2,1H3,(H,18,22)(H,19,20). The van der Waals surface area contributed by atoms with Crippen molar-refractivity contribution in [3.8, 4) is 0 Å². The molecule has 2 fully saturated rings. The number of rotatable bonds is 5. The van der Waals surface area contributed by atoms with Crippen LogP contribution < -0.4 is 5.32 Å². The highest BCUT2D eigenvalue weighted by molar-refractivity contribution is 6.30. The van der Waals surface area contributed by atoms with Gasteiger partial charge in [0.15, 0.2) is 5.15 Å². The SMILES string of the molecule is CCCCc1nc(Cl)c(CN2CCNC(=O)C23CCCC3)[nH]1. The maximum Gasteiger partial charge on any atom is 0.240 e. The molecule has 2 N–H and O–H groups in total. The summed E-state index contributed by atoms with van der Waals surface area (Å²) in [6.45, 7) is 4.45. The van der Waals surface area contributed by atoms with Gasteiger partial charge in [0, 0.05) is 26.1 Å². The normalized spacial score (nSPS) is 21.5. The number of unbranched alkanes of at least 4 members (excludes halogenated alkanes) is 1. The Kier molecular flexibility index (Phi) is 4.73. The molecular weight excluding hydrogens is 300 g/mol. The molecule has 2 heterocycles. The molecule has 1 amide bonds. The van der Waals surface area contributed by atoms with Gasteiger partial charge in [-0.2, -0.15) is 0 Å². The summed E-state index contributed by atoms with van der Waals surface area (Å²) in [5.41, 5.74) is 0.629. The Morgan fingerprint density at radius 1 is 1.36 bits per heavy atom. The second kappa shape index (κ2) is 6.59. The van der Waals surface area contributed by atoms with Crippen LogP contribution in [-0.2, 0) is 17.8 Å². The van der Waals surface area contributed by atoms with Crippen LogP contribution in [0, 0.1) is 0 Å². The Hall–Kier alpha value is -1.07. The van der Waals surface area contributed by atoms with Crippen LogP contribution in [0.3, 0.4) is 0 Å². The minimum atomic E-state index is -0.323. The van der Waals surface area contributed by atoms with E-state index < -0.39 is 0 Å². The van der Waals surface area contributed by atoms with E-state index in [1.54, 1.807) is 0 Å². The Bertz CT molecular complexity index is 536. The van der Waals surface area contributed by atoms with Crippen molar-refractivity contribution in [1.82, 2.24) is 20.2 Å². The number of halogens is 1. The number of hydrogen-bond acceptors (Lipinski definition) is 3. The molecule has 1 aromatic rings. The van der Waals surface area contributed by atoms with Crippen LogP contribution in [0.1, 0.15) is 57.0 Å². The molecule has 1 saturated carbocycles. The minimum Gasteiger partial charge on any atom is -0.353 e. The average molecular weight is 325 g/mol. The number of amides is 1. The van der Waals surface area contributed by atoms with Crippen molar-refractivity contribution < 1.29 is 4.79 Å². The van der Waals surface area contributed by atoms with Gasteiger partial charge in [-0.05, 0) is 19.3 Å². The molecule has 0 aromatic carbocycles. The summed E-state index contributed by atoms with van der Waals surface area (Å²) in [7, 11) is 0. The van der Waals surface area contributed by atoms with E-state index in [0.29, 0.717) is 11.7 Å². The molecule has 0 atom stereocenters. The third-order valence-electron chi connectivity index (χ3n) is 5.02. The lowest BCUT2D eigenvalue weighted by Crippen LogP contribution is -2.63. The van der Waals surface area contributed by atoms with Crippen molar-refractivity contribution in [2.75, 3.05) is 13.1 Å². The van der Waals surface area contributed by atoms with Gasteiger partial charge in [0.05, 0.1) is 5.69 Å². The summed E-state index contributed by atoms with van der Waals surface area (Å²) in [5.74, 6) is 1.15. The first-order valence-electron chi connectivity index (χ1n) is 8.42. The number of aromatic amines is 1. The fraction of sp³-hybridized carbons (Fsp3) is 0.750. The molecule has 0 radical (unpaired) electrons. The molecular formula is C16H25ClN4O. The third kappa shape index (κ3) is 2.88. The van der Waals surface area contributed by atoms with E-state index in [0.717, 1.165) is 69.6 Å². The number of aryl methyl sites for hydroxylation is 1. The quantitative estimate of drug-likeness (QED) is 0.875. The first-order valence-corrected chi connectivity index (χ1v) is 8.80. The number of carbonyl (C=O) groups is 1. The molecule has 2 aliphatic rings. The van der Waals surface area contributed by atoms with Gasteiger partial charge in [-0.25, -0.2) is 4.98 Å². The van der Waals surface area contributed by atoms with Crippen molar-refractivity contribution in [3.63, 3.8) is 0 Å². The second-order valence-corrected chi connectivity index (χ2v) is 6.83. The van der Waals surface area contributed by atoms with Gasteiger partial charge in [0.2, 0.25) is 5.91 Å². The molecule has 3 rings (SSSR count). The Balaban J connectivity index is 1.76. The van der Waals surface area contributed by atoms with E-state index in [1.807, 2.05) is 0 Å². The molecule has 122 valence electrons. The van der Waals surface area contributed by atoms with Gasteiger partial charge in [-0.1, -0.05) is 37.8 Å². The highest BCUT2D eigenvalue weighted by atomic mass is 35.5. The topological polar surface area (TPSA) is 61.0 Å². The Morgan fingerprint density at radius 2 is 2.14 bits per heavy atom. The summed E-state index contributed by atoms with van der Waals surface area (Å²) in [4.78, 5) is 22.5. The molecule has 0 bridgehead atoms. The summed E-state index contributed by atoms with van der Waals surface area (Å²) in [5, 5.41) is 3.60. The van der Waals surface area contributed by atoms with E-state index in [2.05, 4.69) is 27.1 Å². The summed E-state index contributed by atoms with van der Waals surface area (Å²) in [6.07, 6.45) is 7.34. The minimum absolute atomic E-state index is 0.193. The van der Waals surface area contributed by atoms with Crippen molar-refractivity contribution in [2.24, 2.45) is 0 Å². The number of nitrogens with one attached hydrogen (secondary N) is 2.